The van der Waals surface area contributed by atoms with E-state index in [1.165, 1.54) is 0 Å². The number of hydrogen-bond acceptors (Lipinski definition) is 4. The number of anilines is 1. The Hall–Kier alpha value is -3.18. The van der Waals surface area contributed by atoms with Gasteiger partial charge in [-0.3, -0.25) is 4.79 Å². The second-order valence-corrected chi connectivity index (χ2v) is 7.18. The second-order valence-electron chi connectivity index (χ2n) is 6.75. The molecule has 0 bridgehead atoms. The van der Waals surface area contributed by atoms with E-state index in [1.807, 2.05) is 37.3 Å². The third kappa shape index (κ3) is 5.45. The van der Waals surface area contributed by atoms with Crippen molar-refractivity contribution in [3.63, 3.8) is 0 Å². The van der Waals surface area contributed by atoms with Crippen molar-refractivity contribution in [2.24, 2.45) is 0 Å². The fourth-order valence-corrected chi connectivity index (χ4v) is 3.25. The van der Waals surface area contributed by atoms with Crippen LogP contribution in [0.2, 0.25) is 5.02 Å². The summed E-state index contributed by atoms with van der Waals surface area (Å²) in [6.07, 6.45) is 0.937. The van der Waals surface area contributed by atoms with E-state index in [1.54, 1.807) is 44.6 Å². The average molecular weight is 426 g/mol. The summed E-state index contributed by atoms with van der Waals surface area (Å²) in [6.45, 7) is 1.98. The summed E-state index contributed by atoms with van der Waals surface area (Å²) in [5.74, 6) is 2.33. The molecule has 3 aromatic rings. The van der Waals surface area contributed by atoms with Gasteiger partial charge >= 0.3 is 0 Å². The third-order valence-electron chi connectivity index (χ3n) is 4.60. The van der Waals surface area contributed by atoms with Crippen molar-refractivity contribution in [3.05, 3.63) is 76.8 Å². The zero-order valence-electron chi connectivity index (χ0n) is 17.2. The van der Waals surface area contributed by atoms with Gasteiger partial charge in [0.15, 0.2) is 17.2 Å². The van der Waals surface area contributed by atoms with Crippen molar-refractivity contribution < 1.29 is 19.0 Å². The zero-order valence-corrected chi connectivity index (χ0v) is 18.0. The molecule has 1 N–H and O–H groups in total. The minimum Gasteiger partial charge on any atom is -0.496 e. The minimum absolute atomic E-state index is 0.129. The van der Waals surface area contributed by atoms with Crippen LogP contribution in [0.25, 0.3) is 0 Å². The lowest BCUT2D eigenvalue weighted by molar-refractivity contribution is -0.116. The topological polar surface area (TPSA) is 56.8 Å². The van der Waals surface area contributed by atoms with Crippen molar-refractivity contribution in [3.8, 4) is 23.0 Å². The highest BCUT2D eigenvalue weighted by Gasteiger charge is 2.12. The van der Waals surface area contributed by atoms with E-state index in [0.717, 1.165) is 16.9 Å². The van der Waals surface area contributed by atoms with Gasteiger partial charge in [-0.2, -0.15) is 0 Å². The molecule has 1 amide bonds. The van der Waals surface area contributed by atoms with Gasteiger partial charge < -0.3 is 19.5 Å². The van der Waals surface area contributed by atoms with Crippen LogP contribution in [-0.4, -0.2) is 20.1 Å². The van der Waals surface area contributed by atoms with Crippen LogP contribution in [0.3, 0.4) is 0 Å². The molecule has 0 heterocycles. The molecule has 3 rings (SSSR count). The van der Waals surface area contributed by atoms with Crippen LogP contribution in [0, 0.1) is 6.92 Å². The Balaban J connectivity index is 1.70. The number of nitrogens with one attached hydrogen (secondary N) is 1. The lowest BCUT2D eigenvalue weighted by atomic mass is 10.1. The fraction of sp³-hybridized carbons (Fsp3) is 0.208. The summed E-state index contributed by atoms with van der Waals surface area (Å²) < 4.78 is 16.6. The van der Waals surface area contributed by atoms with Gasteiger partial charge in [-0.15, -0.1) is 0 Å². The maximum atomic E-state index is 12.6. The molecule has 0 aliphatic rings. The molecular weight excluding hydrogens is 402 g/mol. The van der Waals surface area contributed by atoms with Crippen LogP contribution in [-0.2, 0) is 11.2 Å². The lowest BCUT2D eigenvalue weighted by Crippen LogP contribution is -2.13. The Labute approximate surface area is 181 Å². The maximum absolute atomic E-state index is 12.6. The largest absolute Gasteiger partial charge is 0.496 e. The summed E-state index contributed by atoms with van der Waals surface area (Å²) in [6, 6.07) is 18.3. The van der Waals surface area contributed by atoms with Crippen LogP contribution in [0.4, 0.5) is 5.69 Å². The molecular formula is C24H24ClNO4. The first-order valence-corrected chi connectivity index (χ1v) is 9.91. The number of carbonyl (C=O) groups is 1. The Kier molecular flexibility index (Phi) is 7.20. The van der Waals surface area contributed by atoms with Crippen LogP contribution in [0.1, 0.15) is 17.5 Å². The van der Waals surface area contributed by atoms with E-state index < -0.39 is 0 Å². The van der Waals surface area contributed by atoms with Crippen LogP contribution < -0.4 is 19.5 Å². The van der Waals surface area contributed by atoms with E-state index in [2.05, 4.69) is 5.32 Å². The number of rotatable bonds is 8. The van der Waals surface area contributed by atoms with Gasteiger partial charge in [0.2, 0.25) is 5.91 Å². The van der Waals surface area contributed by atoms with Gasteiger partial charge in [-0.05, 0) is 60.9 Å². The molecule has 30 heavy (non-hydrogen) atoms. The SMILES string of the molecule is COc1ccc(CCC(=O)Nc2cc(Cl)ccc2Oc2ccccc2OC)cc1C. The smallest absolute Gasteiger partial charge is 0.224 e. The molecule has 0 unspecified atom stereocenters. The van der Waals surface area contributed by atoms with Crippen molar-refractivity contribution in [2.45, 2.75) is 19.8 Å². The van der Waals surface area contributed by atoms with E-state index in [9.17, 15) is 4.79 Å². The number of para-hydroxylation sites is 2. The number of halogens is 1. The highest BCUT2D eigenvalue weighted by Crippen LogP contribution is 2.36. The highest BCUT2D eigenvalue weighted by molar-refractivity contribution is 6.31. The molecule has 156 valence electrons. The van der Waals surface area contributed by atoms with Crippen molar-refractivity contribution >= 4 is 23.2 Å². The monoisotopic (exact) mass is 425 g/mol. The van der Waals surface area contributed by atoms with Crippen LogP contribution in [0.5, 0.6) is 23.0 Å². The Bertz CT molecular complexity index is 1040. The molecule has 0 atom stereocenters. The molecule has 0 fully saturated rings. The van der Waals surface area contributed by atoms with Gasteiger partial charge in [-0.1, -0.05) is 35.9 Å². The Morgan fingerprint density at radius 2 is 1.60 bits per heavy atom. The molecule has 0 saturated carbocycles. The number of ether oxygens (including phenoxy) is 3. The quantitative estimate of drug-likeness (QED) is 0.478. The predicted molar refractivity (Wildman–Crippen MR) is 119 cm³/mol. The molecule has 0 radical (unpaired) electrons. The number of hydrogen-bond donors (Lipinski definition) is 1. The second kappa shape index (κ2) is 10.0. The lowest BCUT2D eigenvalue weighted by Gasteiger charge is -2.15. The molecule has 0 saturated heterocycles. The third-order valence-corrected chi connectivity index (χ3v) is 4.84. The molecule has 0 aromatic heterocycles. The molecule has 3 aromatic carbocycles. The molecule has 0 aliphatic carbocycles. The Morgan fingerprint density at radius 1 is 0.900 bits per heavy atom. The molecule has 0 aliphatic heterocycles. The Morgan fingerprint density at radius 3 is 2.30 bits per heavy atom. The summed E-state index contributed by atoms with van der Waals surface area (Å²) in [5, 5.41) is 3.41. The first-order chi connectivity index (χ1) is 14.5. The number of aryl methyl sites for hydroxylation is 2. The van der Waals surface area contributed by atoms with Gasteiger partial charge in [-0.25, -0.2) is 0 Å². The normalized spacial score (nSPS) is 10.4. The number of carbonyl (C=O) groups excluding carboxylic acids is 1. The fourth-order valence-electron chi connectivity index (χ4n) is 3.08. The van der Waals surface area contributed by atoms with E-state index in [0.29, 0.717) is 40.8 Å². The number of amides is 1. The first-order valence-electron chi connectivity index (χ1n) is 9.54. The van der Waals surface area contributed by atoms with Crippen LogP contribution >= 0.6 is 11.6 Å². The van der Waals surface area contributed by atoms with Gasteiger partial charge in [0.25, 0.3) is 0 Å². The summed E-state index contributed by atoms with van der Waals surface area (Å²) >= 11 is 6.14. The van der Waals surface area contributed by atoms with E-state index >= 15 is 0 Å². The molecule has 5 nitrogen and oxygen atoms in total. The number of benzene rings is 3. The van der Waals surface area contributed by atoms with Gasteiger partial charge in [0, 0.05) is 11.4 Å². The van der Waals surface area contributed by atoms with Crippen molar-refractivity contribution in [1.82, 2.24) is 0 Å². The zero-order chi connectivity index (χ0) is 21.5. The predicted octanol–water partition coefficient (Wildman–Crippen LogP) is 6.03. The van der Waals surface area contributed by atoms with Crippen molar-refractivity contribution in [2.75, 3.05) is 19.5 Å². The average Bonchev–Trinajstić information content (AvgIpc) is 2.74. The highest BCUT2D eigenvalue weighted by atomic mass is 35.5. The van der Waals surface area contributed by atoms with E-state index in [4.69, 9.17) is 25.8 Å². The first kappa shape index (κ1) is 21.5. The number of methoxy groups -OCH3 is 2. The minimum atomic E-state index is -0.129. The summed E-state index contributed by atoms with van der Waals surface area (Å²) in [4.78, 5) is 12.6. The molecule has 0 spiro atoms. The van der Waals surface area contributed by atoms with Gasteiger partial charge in [0.1, 0.15) is 5.75 Å². The molecule has 6 heteroatoms. The summed E-state index contributed by atoms with van der Waals surface area (Å²) in [5.41, 5.74) is 2.61. The maximum Gasteiger partial charge on any atom is 0.224 e. The standard InChI is InChI=1S/C24H24ClNO4/c1-16-14-17(8-11-20(16)28-2)9-13-24(27)26-19-15-18(25)10-12-21(19)30-23-7-5-4-6-22(23)29-3/h4-8,10-12,14-15H,9,13H2,1-3H3,(H,26,27). The van der Waals surface area contributed by atoms with Gasteiger partial charge in [0.05, 0.1) is 19.9 Å². The summed E-state index contributed by atoms with van der Waals surface area (Å²) in [7, 11) is 3.22. The van der Waals surface area contributed by atoms with Crippen molar-refractivity contribution in [1.29, 1.82) is 0 Å². The van der Waals surface area contributed by atoms with E-state index in [-0.39, 0.29) is 5.91 Å². The van der Waals surface area contributed by atoms with Crippen LogP contribution in [0.15, 0.2) is 60.7 Å².